The van der Waals surface area contributed by atoms with Crippen LogP contribution in [0.4, 0.5) is 0 Å². The molecule has 0 saturated carbocycles. The first-order chi connectivity index (χ1) is 9.69. The minimum atomic E-state index is 0.173. The van der Waals surface area contributed by atoms with E-state index in [4.69, 9.17) is 5.11 Å². The van der Waals surface area contributed by atoms with Crippen molar-refractivity contribution in [1.29, 1.82) is 0 Å². The van der Waals surface area contributed by atoms with E-state index in [0.717, 1.165) is 32.7 Å². The maximum atomic E-state index is 12.2. The van der Waals surface area contributed by atoms with E-state index in [9.17, 15) is 4.79 Å². The SMILES string of the molecule is CN(Cc1ccsc1)C(=O)CN1CCN(CCO)CC1. The monoisotopic (exact) mass is 297 g/mol. The number of β-amino-alcohol motifs (C(OH)–C–C–N with tert-alkyl or cyclic N) is 1. The van der Waals surface area contributed by atoms with Crippen molar-refractivity contribution in [3.8, 4) is 0 Å². The van der Waals surface area contributed by atoms with Crippen molar-refractivity contribution in [3.63, 3.8) is 0 Å². The van der Waals surface area contributed by atoms with E-state index in [-0.39, 0.29) is 12.5 Å². The van der Waals surface area contributed by atoms with E-state index in [1.807, 2.05) is 12.4 Å². The van der Waals surface area contributed by atoms with Gasteiger partial charge in [-0.3, -0.25) is 14.6 Å². The number of amides is 1. The number of carbonyl (C=O) groups excluding carboxylic acids is 1. The molecule has 1 N–H and O–H groups in total. The fraction of sp³-hybridized carbons (Fsp3) is 0.643. The van der Waals surface area contributed by atoms with Crippen molar-refractivity contribution in [3.05, 3.63) is 22.4 Å². The molecule has 0 spiro atoms. The van der Waals surface area contributed by atoms with Gasteiger partial charge >= 0.3 is 0 Å². The van der Waals surface area contributed by atoms with Gasteiger partial charge in [0, 0.05) is 46.3 Å². The lowest BCUT2D eigenvalue weighted by Crippen LogP contribution is -2.50. The zero-order valence-corrected chi connectivity index (χ0v) is 12.8. The Hall–Kier alpha value is -0.950. The molecule has 0 unspecified atom stereocenters. The van der Waals surface area contributed by atoms with E-state index in [1.165, 1.54) is 5.56 Å². The van der Waals surface area contributed by atoms with Crippen LogP contribution in [-0.2, 0) is 11.3 Å². The highest BCUT2D eigenvalue weighted by Crippen LogP contribution is 2.09. The van der Waals surface area contributed by atoms with Gasteiger partial charge in [0.15, 0.2) is 0 Å². The highest BCUT2D eigenvalue weighted by molar-refractivity contribution is 7.07. The normalized spacial score (nSPS) is 17.3. The third-order valence-electron chi connectivity index (χ3n) is 3.67. The third-order valence-corrected chi connectivity index (χ3v) is 4.40. The molecular formula is C14H23N3O2S. The molecule has 2 rings (SSSR count). The van der Waals surface area contributed by atoms with Crippen molar-refractivity contribution in [2.45, 2.75) is 6.54 Å². The summed E-state index contributed by atoms with van der Waals surface area (Å²) in [4.78, 5) is 18.4. The Morgan fingerprint density at radius 1 is 1.35 bits per heavy atom. The summed E-state index contributed by atoms with van der Waals surface area (Å²) in [5.74, 6) is 0.173. The van der Waals surface area contributed by atoms with Crippen LogP contribution in [0.15, 0.2) is 16.8 Å². The summed E-state index contributed by atoms with van der Waals surface area (Å²) < 4.78 is 0. The summed E-state index contributed by atoms with van der Waals surface area (Å²) >= 11 is 1.66. The number of rotatable bonds is 6. The maximum absolute atomic E-state index is 12.2. The Morgan fingerprint density at radius 3 is 2.65 bits per heavy atom. The van der Waals surface area contributed by atoms with Gasteiger partial charge in [-0.1, -0.05) is 0 Å². The Balaban J connectivity index is 1.72. The Morgan fingerprint density at radius 2 is 2.05 bits per heavy atom. The molecule has 1 aliphatic rings. The van der Waals surface area contributed by atoms with Crippen LogP contribution in [0.3, 0.4) is 0 Å². The number of nitrogens with zero attached hydrogens (tertiary/aromatic N) is 3. The minimum Gasteiger partial charge on any atom is -0.395 e. The molecule has 20 heavy (non-hydrogen) atoms. The van der Waals surface area contributed by atoms with E-state index >= 15 is 0 Å². The van der Waals surface area contributed by atoms with Crippen LogP contribution in [0.5, 0.6) is 0 Å². The predicted octanol–water partition coefficient (Wildman–Crippen LogP) is 0.316. The Kier molecular flexibility index (Phi) is 5.97. The van der Waals surface area contributed by atoms with E-state index in [1.54, 1.807) is 16.2 Å². The number of hydrogen-bond donors (Lipinski definition) is 1. The van der Waals surface area contributed by atoms with Crippen molar-refractivity contribution < 1.29 is 9.90 Å². The van der Waals surface area contributed by atoms with Crippen LogP contribution in [0.2, 0.25) is 0 Å². The second kappa shape index (κ2) is 7.73. The Labute approximate surface area is 124 Å². The van der Waals surface area contributed by atoms with Crippen molar-refractivity contribution >= 4 is 17.2 Å². The number of aliphatic hydroxyl groups excluding tert-OH is 1. The van der Waals surface area contributed by atoms with Crippen LogP contribution in [0, 0.1) is 0 Å². The van der Waals surface area contributed by atoms with E-state index < -0.39 is 0 Å². The van der Waals surface area contributed by atoms with Crippen LogP contribution < -0.4 is 0 Å². The van der Waals surface area contributed by atoms with Crippen molar-refractivity contribution in [2.24, 2.45) is 0 Å². The first kappa shape index (κ1) is 15.4. The zero-order chi connectivity index (χ0) is 14.4. The number of carbonyl (C=O) groups is 1. The lowest BCUT2D eigenvalue weighted by Gasteiger charge is -2.34. The van der Waals surface area contributed by atoms with Gasteiger partial charge in [0.25, 0.3) is 0 Å². The summed E-state index contributed by atoms with van der Waals surface area (Å²) in [7, 11) is 1.86. The molecule has 1 saturated heterocycles. The molecule has 2 heterocycles. The maximum Gasteiger partial charge on any atom is 0.236 e. The molecule has 0 bridgehead atoms. The zero-order valence-electron chi connectivity index (χ0n) is 12.0. The molecule has 1 aliphatic heterocycles. The lowest BCUT2D eigenvalue weighted by molar-refractivity contribution is -0.132. The van der Waals surface area contributed by atoms with Crippen molar-refractivity contribution in [1.82, 2.24) is 14.7 Å². The quantitative estimate of drug-likeness (QED) is 0.821. The van der Waals surface area contributed by atoms with Crippen molar-refractivity contribution in [2.75, 3.05) is 52.9 Å². The number of piperazine rings is 1. The number of likely N-dealkylation sites (N-methyl/N-ethyl adjacent to an activating group) is 1. The van der Waals surface area contributed by atoms with Crippen LogP contribution in [0.1, 0.15) is 5.56 Å². The topological polar surface area (TPSA) is 47.0 Å². The van der Waals surface area contributed by atoms with Gasteiger partial charge in [-0.2, -0.15) is 11.3 Å². The van der Waals surface area contributed by atoms with Gasteiger partial charge in [0.1, 0.15) is 0 Å². The summed E-state index contributed by atoms with van der Waals surface area (Å²) in [6.07, 6.45) is 0. The van der Waals surface area contributed by atoms with Crippen LogP contribution >= 0.6 is 11.3 Å². The van der Waals surface area contributed by atoms with E-state index in [0.29, 0.717) is 13.1 Å². The minimum absolute atomic E-state index is 0.173. The summed E-state index contributed by atoms with van der Waals surface area (Å²) in [6.45, 7) is 5.79. The highest BCUT2D eigenvalue weighted by Gasteiger charge is 2.20. The molecule has 1 aromatic rings. The molecule has 5 nitrogen and oxygen atoms in total. The fourth-order valence-electron chi connectivity index (χ4n) is 2.37. The number of hydrogen-bond acceptors (Lipinski definition) is 5. The molecule has 0 aliphatic carbocycles. The van der Waals surface area contributed by atoms with Gasteiger partial charge in [-0.25, -0.2) is 0 Å². The van der Waals surface area contributed by atoms with Gasteiger partial charge in [0.2, 0.25) is 5.91 Å². The molecule has 1 aromatic heterocycles. The molecule has 6 heteroatoms. The first-order valence-electron chi connectivity index (χ1n) is 6.99. The number of aliphatic hydroxyl groups is 1. The first-order valence-corrected chi connectivity index (χ1v) is 7.94. The smallest absolute Gasteiger partial charge is 0.236 e. The van der Waals surface area contributed by atoms with Gasteiger partial charge in [-0.15, -0.1) is 0 Å². The third kappa shape index (κ3) is 4.56. The van der Waals surface area contributed by atoms with Gasteiger partial charge in [0.05, 0.1) is 13.2 Å². The molecular weight excluding hydrogens is 274 g/mol. The molecule has 0 aromatic carbocycles. The molecule has 112 valence electrons. The fourth-order valence-corrected chi connectivity index (χ4v) is 3.03. The van der Waals surface area contributed by atoms with Crippen LogP contribution in [-0.4, -0.2) is 78.6 Å². The summed E-state index contributed by atoms with van der Waals surface area (Å²) in [5, 5.41) is 13.0. The summed E-state index contributed by atoms with van der Waals surface area (Å²) in [6, 6.07) is 2.06. The number of thiophene rings is 1. The molecule has 0 atom stereocenters. The molecule has 1 fully saturated rings. The van der Waals surface area contributed by atoms with E-state index in [2.05, 4.69) is 21.2 Å². The second-order valence-electron chi connectivity index (χ2n) is 5.22. The average Bonchev–Trinajstić information content (AvgIpc) is 2.94. The average molecular weight is 297 g/mol. The predicted molar refractivity (Wildman–Crippen MR) is 80.8 cm³/mol. The molecule has 1 amide bonds. The Bertz CT molecular complexity index is 403. The van der Waals surface area contributed by atoms with Crippen LogP contribution in [0.25, 0.3) is 0 Å². The second-order valence-corrected chi connectivity index (χ2v) is 6.00. The highest BCUT2D eigenvalue weighted by atomic mass is 32.1. The van der Waals surface area contributed by atoms with Gasteiger partial charge < -0.3 is 10.0 Å². The summed E-state index contributed by atoms with van der Waals surface area (Å²) in [5.41, 5.74) is 1.19. The lowest BCUT2D eigenvalue weighted by atomic mass is 10.3. The largest absolute Gasteiger partial charge is 0.395 e. The standard InChI is InChI=1S/C14H23N3O2S/c1-15(10-13-2-9-20-12-13)14(19)11-17-5-3-16(4-6-17)7-8-18/h2,9,12,18H,3-8,10-11H2,1H3. The van der Waals surface area contributed by atoms with Gasteiger partial charge in [-0.05, 0) is 22.4 Å². The molecule has 0 radical (unpaired) electrons.